The van der Waals surface area contributed by atoms with Gasteiger partial charge in [-0.25, -0.2) is 0 Å². The van der Waals surface area contributed by atoms with Crippen molar-refractivity contribution in [1.29, 1.82) is 0 Å². The number of hydrogen-bond acceptors (Lipinski definition) is 2. The standard InChI is InChI=1S/C15H21N3O/c1-3-17-9-12-5-4-6-14-13(12)7-8-18(14)10-11(2)15(16)19/h4-8,11,17H,3,9-10H2,1-2H3,(H2,16,19). The predicted molar refractivity (Wildman–Crippen MR) is 77.7 cm³/mol. The van der Waals surface area contributed by atoms with Gasteiger partial charge in [-0.15, -0.1) is 0 Å². The highest BCUT2D eigenvalue weighted by Crippen LogP contribution is 2.21. The van der Waals surface area contributed by atoms with Crippen LogP contribution in [0.3, 0.4) is 0 Å². The molecule has 1 amide bonds. The second kappa shape index (κ2) is 5.89. The number of benzene rings is 1. The van der Waals surface area contributed by atoms with Gasteiger partial charge in [0.05, 0.1) is 5.92 Å². The Hall–Kier alpha value is -1.81. The summed E-state index contributed by atoms with van der Waals surface area (Å²) in [5.41, 5.74) is 7.77. The Balaban J connectivity index is 2.30. The number of rotatable bonds is 6. The van der Waals surface area contributed by atoms with E-state index in [9.17, 15) is 4.79 Å². The van der Waals surface area contributed by atoms with E-state index in [1.54, 1.807) is 0 Å². The van der Waals surface area contributed by atoms with Crippen molar-refractivity contribution in [2.45, 2.75) is 26.9 Å². The van der Waals surface area contributed by atoms with Crippen LogP contribution >= 0.6 is 0 Å². The van der Waals surface area contributed by atoms with Gasteiger partial charge in [0, 0.05) is 30.2 Å². The number of nitrogens with two attached hydrogens (primary N) is 1. The highest BCUT2D eigenvalue weighted by atomic mass is 16.1. The number of nitrogens with zero attached hydrogens (tertiary/aromatic N) is 1. The molecule has 1 aromatic carbocycles. The van der Waals surface area contributed by atoms with Crippen molar-refractivity contribution < 1.29 is 4.79 Å². The maximum absolute atomic E-state index is 11.2. The third-order valence-electron chi connectivity index (χ3n) is 3.43. The van der Waals surface area contributed by atoms with Gasteiger partial charge in [-0.3, -0.25) is 4.79 Å². The maximum Gasteiger partial charge on any atom is 0.222 e. The maximum atomic E-state index is 11.2. The molecule has 4 nitrogen and oxygen atoms in total. The van der Waals surface area contributed by atoms with Crippen molar-refractivity contribution in [2.75, 3.05) is 6.54 Å². The molecule has 0 spiro atoms. The predicted octanol–water partition coefficient (Wildman–Crippen LogP) is 1.87. The van der Waals surface area contributed by atoms with Crippen LogP contribution in [0.1, 0.15) is 19.4 Å². The van der Waals surface area contributed by atoms with Gasteiger partial charge in [0.25, 0.3) is 0 Å². The van der Waals surface area contributed by atoms with Crippen molar-refractivity contribution in [3.05, 3.63) is 36.0 Å². The van der Waals surface area contributed by atoms with Gasteiger partial charge in [0.2, 0.25) is 5.91 Å². The molecular weight excluding hydrogens is 238 g/mol. The van der Waals surface area contributed by atoms with E-state index in [1.165, 1.54) is 10.9 Å². The summed E-state index contributed by atoms with van der Waals surface area (Å²) in [7, 11) is 0. The molecule has 0 bridgehead atoms. The van der Waals surface area contributed by atoms with Gasteiger partial charge >= 0.3 is 0 Å². The summed E-state index contributed by atoms with van der Waals surface area (Å²) in [4.78, 5) is 11.2. The van der Waals surface area contributed by atoms with Crippen LogP contribution in [0.25, 0.3) is 10.9 Å². The normalized spacial score (nSPS) is 12.7. The molecule has 3 N–H and O–H groups in total. The second-order valence-corrected chi connectivity index (χ2v) is 4.90. The van der Waals surface area contributed by atoms with Crippen LogP contribution in [0.5, 0.6) is 0 Å². The first-order valence-corrected chi connectivity index (χ1v) is 6.70. The van der Waals surface area contributed by atoms with Crippen LogP contribution in [0.2, 0.25) is 0 Å². The lowest BCUT2D eigenvalue weighted by Gasteiger charge is -2.11. The molecule has 19 heavy (non-hydrogen) atoms. The SMILES string of the molecule is CCNCc1cccc2c1ccn2CC(C)C(N)=O. The molecule has 0 aliphatic heterocycles. The minimum Gasteiger partial charge on any atom is -0.369 e. The average Bonchev–Trinajstić information content (AvgIpc) is 2.80. The van der Waals surface area contributed by atoms with Gasteiger partial charge in [-0.1, -0.05) is 26.0 Å². The van der Waals surface area contributed by atoms with E-state index in [2.05, 4.69) is 41.1 Å². The average molecular weight is 259 g/mol. The highest BCUT2D eigenvalue weighted by Gasteiger charge is 2.11. The lowest BCUT2D eigenvalue weighted by molar-refractivity contribution is -0.121. The van der Waals surface area contributed by atoms with E-state index in [0.717, 1.165) is 18.6 Å². The summed E-state index contributed by atoms with van der Waals surface area (Å²) in [6.45, 7) is 6.40. The first-order valence-electron chi connectivity index (χ1n) is 6.70. The molecule has 2 aromatic rings. The Kier molecular flexibility index (Phi) is 4.22. The lowest BCUT2D eigenvalue weighted by atomic mass is 10.1. The molecule has 0 fully saturated rings. The number of nitrogens with one attached hydrogen (secondary N) is 1. The summed E-state index contributed by atoms with van der Waals surface area (Å²) >= 11 is 0. The minimum absolute atomic E-state index is 0.159. The Labute approximate surface area is 113 Å². The molecule has 1 heterocycles. The minimum atomic E-state index is -0.259. The van der Waals surface area contributed by atoms with Crippen molar-refractivity contribution in [3.8, 4) is 0 Å². The lowest BCUT2D eigenvalue weighted by Crippen LogP contribution is -2.24. The van der Waals surface area contributed by atoms with E-state index in [-0.39, 0.29) is 11.8 Å². The molecule has 4 heteroatoms. The number of aromatic nitrogens is 1. The molecule has 0 aliphatic carbocycles. The monoisotopic (exact) mass is 259 g/mol. The zero-order valence-corrected chi connectivity index (χ0v) is 11.5. The first kappa shape index (κ1) is 13.6. The van der Waals surface area contributed by atoms with Crippen LogP contribution in [0.4, 0.5) is 0 Å². The Morgan fingerprint density at radius 1 is 1.42 bits per heavy atom. The smallest absolute Gasteiger partial charge is 0.222 e. The molecule has 102 valence electrons. The number of fused-ring (bicyclic) bond motifs is 1. The summed E-state index contributed by atoms with van der Waals surface area (Å²) in [6, 6.07) is 8.38. The fourth-order valence-electron chi connectivity index (χ4n) is 2.25. The van der Waals surface area contributed by atoms with E-state index < -0.39 is 0 Å². The quantitative estimate of drug-likeness (QED) is 0.832. The molecule has 0 radical (unpaired) electrons. The number of primary amides is 1. The number of carbonyl (C=O) groups excluding carboxylic acids is 1. The molecule has 1 unspecified atom stereocenters. The van der Waals surface area contributed by atoms with Crippen LogP contribution in [-0.2, 0) is 17.9 Å². The van der Waals surface area contributed by atoms with Crippen molar-refractivity contribution in [2.24, 2.45) is 11.7 Å². The number of carbonyl (C=O) groups is 1. The molecular formula is C15H21N3O. The number of amides is 1. The van der Waals surface area contributed by atoms with Crippen LogP contribution in [0, 0.1) is 5.92 Å². The molecule has 0 saturated carbocycles. The summed E-state index contributed by atoms with van der Waals surface area (Å²) in [5, 5.41) is 4.58. The third-order valence-corrected chi connectivity index (χ3v) is 3.43. The highest BCUT2D eigenvalue weighted by molar-refractivity contribution is 5.84. The van der Waals surface area contributed by atoms with Crippen molar-refractivity contribution in [3.63, 3.8) is 0 Å². The summed E-state index contributed by atoms with van der Waals surface area (Å²) < 4.78 is 2.10. The fraction of sp³-hybridized carbons (Fsp3) is 0.400. The van der Waals surface area contributed by atoms with E-state index in [0.29, 0.717) is 6.54 Å². The zero-order chi connectivity index (χ0) is 13.8. The molecule has 1 atom stereocenters. The molecule has 0 aliphatic rings. The van der Waals surface area contributed by atoms with Gasteiger partial charge in [0.1, 0.15) is 0 Å². The van der Waals surface area contributed by atoms with E-state index in [4.69, 9.17) is 5.73 Å². The van der Waals surface area contributed by atoms with Crippen LogP contribution in [0.15, 0.2) is 30.5 Å². The topological polar surface area (TPSA) is 60.1 Å². The van der Waals surface area contributed by atoms with Gasteiger partial charge < -0.3 is 15.6 Å². The second-order valence-electron chi connectivity index (χ2n) is 4.90. The van der Waals surface area contributed by atoms with Gasteiger partial charge in [0.15, 0.2) is 0 Å². The Morgan fingerprint density at radius 3 is 2.89 bits per heavy atom. The first-order chi connectivity index (χ1) is 9.13. The molecule has 1 aromatic heterocycles. The van der Waals surface area contributed by atoms with Crippen molar-refractivity contribution >= 4 is 16.8 Å². The molecule has 2 rings (SSSR count). The Bertz CT molecular complexity index is 574. The van der Waals surface area contributed by atoms with Gasteiger partial charge in [-0.05, 0) is 24.2 Å². The van der Waals surface area contributed by atoms with Crippen LogP contribution < -0.4 is 11.1 Å². The number of hydrogen-bond donors (Lipinski definition) is 2. The fourth-order valence-corrected chi connectivity index (χ4v) is 2.25. The summed E-state index contributed by atoms with van der Waals surface area (Å²) in [5.74, 6) is -0.418. The summed E-state index contributed by atoms with van der Waals surface area (Å²) in [6.07, 6.45) is 2.03. The third kappa shape index (κ3) is 2.96. The zero-order valence-electron chi connectivity index (χ0n) is 11.5. The van der Waals surface area contributed by atoms with E-state index in [1.807, 2.05) is 13.1 Å². The van der Waals surface area contributed by atoms with E-state index >= 15 is 0 Å². The molecule has 0 saturated heterocycles. The van der Waals surface area contributed by atoms with Gasteiger partial charge in [-0.2, -0.15) is 0 Å². The largest absolute Gasteiger partial charge is 0.369 e. The van der Waals surface area contributed by atoms with Crippen molar-refractivity contribution in [1.82, 2.24) is 9.88 Å². The Morgan fingerprint density at radius 2 is 2.21 bits per heavy atom. The van der Waals surface area contributed by atoms with Crippen LogP contribution in [-0.4, -0.2) is 17.0 Å².